The molecule has 0 amide bonds. The summed E-state index contributed by atoms with van der Waals surface area (Å²) in [6.07, 6.45) is 2.93. The molecule has 22 heavy (non-hydrogen) atoms. The number of fused-ring (bicyclic) bond motifs is 2. The van der Waals surface area contributed by atoms with Gasteiger partial charge in [-0.3, -0.25) is 0 Å². The third kappa shape index (κ3) is 2.23. The standard InChI is InChI=1S/C20H18O2/c1-5-21-19-15-9-7-13(3)11-17(15)20(22-6-2)18-12-14(4)8-10-16(18)19/h5-12H,1-2H2,3-4H3. The molecule has 0 unspecified atom stereocenters. The first-order chi connectivity index (χ1) is 10.7. The fourth-order valence-corrected chi connectivity index (χ4v) is 2.80. The van der Waals surface area contributed by atoms with Crippen LogP contribution >= 0.6 is 0 Å². The minimum atomic E-state index is 0.802. The second kappa shape index (κ2) is 5.57. The summed E-state index contributed by atoms with van der Waals surface area (Å²) in [5.74, 6) is 1.61. The quantitative estimate of drug-likeness (QED) is 0.456. The first-order valence-electron chi connectivity index (χ1n) is 7.17. The molecule has 0 radical (unpaired) electrons. The molecule has 0 bridgehead atoms. The van der Waals surface area contributed by atoms with Crippen molar-refractivity contribution in [2.24, 2.45) is 0 Å². The van der Waals surface area contributed by atoms with Crippen molar-refractivity contribution >= 4 is 21.5 Å². The van der Waals surface area contributed by atoms with Crippen LogP contribution in [0.15, 0.2) is 62.1 Å². The summed E-state index contributed by atoms with van der Waals surface area (Å²) < 4.78 is 11.5. The molecule has 0 fully saturated rings. The van der Waals surface area contributed by atoms with Crippen molar-refractivity contribution < 1.29 is 9.47 Å². The van der Waals surface area contributed by atoms with Crippen LogP contribution in [0.1, 0.15) is 11.1 Å². The van der Waals surface area contributed by atoms with Crippen LogP contribution in [0.4, 0.5) is 0 Å². The van der Waals surface area contributed by atoms with E-state index in [-0.39, 0.29) is 0 Å². The molecule has 0 spiro atoms. The Morgan fingerprint density at radius 2 is 1.09 bits per heavy atom. The zero-order valence-corrected chi connectivity index (χ0v) is 12.8. The summed E-state index contributed by atoms with van der Waals surface area (Å²) in [5.41, 5.74) is 2.33. The van der Waals surface area contributed by atoms with Crippen molar-refractivity contribution in [2.45, 2.75) is 13.8 Å². The fourth-order valence-electron chi connectivity index (χ4n) is 2.80. The molecule has 0 heterocycles. The van der Waals surface area contributed by atoms with E-state index in [1.54, 1.807) is 0 Å². The highest BCUT2D eigenvalue weighted by Crippen LogP contribution is 2.43. The Hall–Kier alpha value is -2.74. The maximum absolute atomic E-state index is 5.76. The lowest BCUT2D eigenvalue weighted by Gasteiger charge is -2.16. The van der Waals surface area contributed by atoms with Crippen LogP contribution in [-0.4, -0.2) is 0 Å². The first-order valence-corrected chi connectivity index (χ1v) is 7.17. The third-order valence-electron chi connectivity index (χ3n) is 3.73. The van der Waals surface area contributed by atoms with Gasteiger partial charge in [0.25, 0.3) is 0 Å². The Labute approximate surface area is 130 Å². The van der Waals surface area contributed by atoms with Crippen molar-refractivity contribution in [3.8, 4) is 11.5 Å². The molecule has 0 N–H and O–H groups in total. The topological polar surface area (TPSA) is 18.5 Å². The predicted molar refractivity (Wildman–Crippen MR) is 92.6 cm³/mol. The number of rotatable bonds is 4. The van der Waals surface area contributed by atoms with E-state index in [0.29, 0.717) is 0 Å². The van der Waals surface area contributed by atoms with E-state index in [9.17, 15) is 0 Å². The molecule has 110 valence electrons. The molecule has 3 aromatic rings. The second-order valence-electron chi connectivity index (χ2n) is 5.33. The van der Waals surface area contributed by atoms with E-state index in [1.165, 1.54) is 12.5 Å². The lowest BCUT2D eigenvalue weighted by atomic mass is 9.98. The Morgan fingerprint density at radius 3 is 1.50 bits per heavy atom. The van der Waals surface area contributed by atoms with Crippen molar-refractivity contribution in [1.29, 1.82) is 0 Å². The average molecular weight is 290 g/mol. The van der Waals surface area contributed by atoms with Crippen LogP contribution in [0, 0.1) is 13.8 Å². The minimum Gasteiger partial charge on any atom is -0.464 e. The lowest BCUT2D eigenvalue weighted by molar-refractivity contribution is 0.486. The van der Waals surface area contributed by atoms with Gasteiger partial charge in [-0.2, -0.15) is 0 Å². The number of ether oxygens (including phenoxy) is 2. The van der Waals surface area contributed by atoms with Crippen LogP contribution < -0.4 is 9.47 Å². The average Bonchev–Trinajstić information content (AvgIpc) is 2.50. The van der Waals surface area contributed by atoms with Crippen molar-refractivity contribution in [3.63, 3.8) is 0 Å². The number of hydrogen-bond donors (Lipinski definition) is 0. The van der Waals surface area contributed by atoms with Gasteiger partial charge < -0.3 is 9.47 Å². The van der Waals surface area contributed by atoms with Gasteiger partial charge in [-0.1, -0.05) is 48.6 Å². The van der Waals surface area contributed by atoms with Crippen molar-refractivity contribution in [1.82, 2.24) is 0 Å². The molecule has 0 saturated heterocycles. The van der Waals surface area contributed by atoms with Crippen LogP contribution in [0.5, 0.6) is 11.5 Å². The van der Waals surface area contributed by atoms with Gasteiger partial charge in [0.2, 0.25) is 0 Å². The second-order valence-corrected chi connectivity index (χ2v) is 5.33. The van der Waals surface area contributed by atoms with E-state index < -0.39 is 0 Å². The van der Waals surface area contributed by atoms with Gasteiger partial charge in [-0.15, -0.1) is 0 Å². The Bertz CT molecular complexity index is 828. The highest BCUT2D eigenvalue weighted by atomic mass is 16.5. The molecular formula is C20H18O2. The van der Waals surface area contributed by atoms with Gasteiger partial charge in [0.05, 0.1) is 12.5 Å². The van der Waals surface area contributed by atoms with E-state index >= 15 is 0 Å². The van der Waals surface area contributed by atoms with E-state index in [1.807, 2.05) is 0 Å². The molecule has 0 aliphatic rings. The molecule has 0 saturated carbocycles. The van der Waals surface area contributed by atoms with Crippen molar-refractivity contribution in [3.05, 3.63) is 73.2 Å². The van der Waals surface area contributed by atoms with Gasteiger partial charge in [0.15, 0.2) is 0 Å². The van der Waals surface area contributed by atoms with Crippen LogP contribution in [0.2, 0.25) is 0 Å². The maximum atomic E-state index is 5.76. The summed E-state index contributed by atoms with van der Waals surface area (Å²) in [5, 5.41) is 4.02. The van der Waals surface area contributed by atoms with Crippen LogP contribution in [0.3, 0.4) is 0 Å². The highest BCUT2D eigenvalue weighted by Gasteiger charge is 2.15. The van der Waals surface area contributed by atoms with Crippen LogP contribution in [0.25, 0.3) is 21.5 Å². The van der Waals surface area contributed by atoms with Gasteiger partial charge in [0, 0.05) is 21.5 Å². The van der Waals surface area contributed by atoms with E-state index in [0.717, 1.165) is 44.2 Å². The predicted octanol–water partition coefficient (Wildman–Crippen LogP) is 5.65. The Kier molecular flexibility index (Phi) is 3.60. The van der Waals surface area contributed by atoms with Gasteiger partial charge in [0.1, 0.15) is 11.5 Å². The molecule has 2 heteroatoms. The summed E-state index contributed by atoms with van der Waals surface area (Å²) in [6, 6.07) is 12.4. The first kappa shape index (κ1) is 14.2. The van der Waals surface area contributed by atoms with E-state index in [2.05, 4.69) is 63.4 Å². The minimum absolute atomic E-state index is 0.802. The summed E-state index contributed by atoms with van der Waals surface area (Å²) in [7, 11) is 0. The molecule has 2 nitrogen and oxygen atoms in total. The largest absolute Gasteiger partial charge is 0.464 e. The third-order valence-corrected chi connectivity index (χ3v) is 3.73. The molecule has 0 atom stereocenters. The molecule has 0 aliphatic heterocycles. The van der Waals surface area contributed by atoms with Crippen molar-refractivity contribution in [2.75, 3.05) is 0 Å². The Morgan fingerprint density at radius 1 is 0.682 bits per heavy atom. The monoisotopic (exact) mass is 290 g/mol. The number of hydrogen-bond acceptors (Lipinski definition) is 2. The summed E-state index contributed by atoms with van der Waals surface area (Å²) in [6.45, 7) is 11.5. The highest BCUT2D eigenvalue weighted by molar-refractivity contribution is 6.11. The van der Waals surface area contributed by atoms with Gasteiger partial charge >= 0.3 is 0 Å². The van der Waals surface area contributed by atoms with Gasteiger partial charge in [-0.05, 0) is 26.0 Å². The maximum Gasteiger partial charge on any atom is 0.142 e. The molecular weight excluding hydrogens is 272 g/mol. The van der Waals surface area contributed by atoms with Gasteiger partial charge in [-0.25, -0.2) is 0 Å². The molecule has 3 aromatic carbocycles. The van der Waals surface area contributed by atoms with E-state index in [4.69, 9.17) is 9.47 Å². The fraction of sp³-hybridized carbons (Fsp3) is 0.100. The number of benzene rings is 3. The summed E-state index contributed by atoms with van der Waals surface area (Å²) >= 11 is 0. The lowest BCUT2D eigenvalue weighted by Crippen LogP contribution is -1.93. The Balaban J connectivity index is 2.56. The zero-order chi connectivity index (χ0) is 15.7. The zero-order valence-electron chi connectivity index (χ0n) is 12.8. The van der Waals surface area contributed by atoms with Crippen LogP contribution in [-0.2, 0) is 0 Å². The smallest absolute Gasteiger partial charge is 0.142 e. The number of aryl methyl sites for hydroxylation is 2. The SMILES string of the molecule is C=COc1c2ccc(C)cc2c(OC=C)c2cc(C)ccc12. The summed E-state index contributed by atoms with van der Waals surface area (Å²) in [4.78, 5) is 0. The molecule has 3 rings (SSSR count). The molecule has 0 aliphatic carbocycles. The molecule has 0 aromatic heterocycles. The normalized spacial score (nSPS) is 10.6.